The lowest BCUT2D eigenvalue weighted by Gasteiger charge is -2.31. The van der Waals surface area contributed by atoms with Gasteiger partial charge in [-0.3, -0.25) is 14.7 Å². The Morgan fingerprint density at radius 3 is 2.81 bits per heavy atom. The first-order chi connectivity index (χ1) is 18.2. The van der Waals surface area contributed by atoms with Crippen molar-refractivity contribution in [2.24, 2.45) is 0 Å². The smallest absolute Gasteiger partial charge is 0.253 e. The summed E-state index contributed by atoms with van der Waals surface area (Å²) in [4.78, 5) is 23.3. The molecule has 1 atom stereocenters. The zero-order chi connectivity index (χ0) is 25.2. The van der Waals surface area contributed by atoms with Crippen LogP contribution in [0.4, 0.5) is 0 Å². The van der Waals surface area contributed by atoms with E-state index in [1.165, 1.54) is 0 Å². The van der Waals surface area contributed by atoms with Gasteiger partial charge in [0, 0.05) is 30.0 Å². The van der Waals surface area contributed by atoms with Crippen molar-refractivity contribution in [3.8, 4) is 0 Å². The summed E-state index contributed by atoms with van der Waals surface area (Å²) < 4.78 is 7.69. The van der Waals surface area contributed by atoms with E-state index < -0.39 is 6.04 Å². The highest BCUT2D eigenvalue weighted by molar-refractivity contribution is 5.79. The van der Waals surface area contributed by atoms with Crippen molar-refractivity contribution in [2.45, 2.75) is 57.8 Å². The second kappa shape index (κ2) is 10.1. The van der Waals surface area contributed by atoms with Gasteiger partial charge in [0.1, 0.15) is 11.8 Å². The molecule has 9 nitrogen and oxygen atoms in total. The quantitative estimate of drug-likeness (QED) is 0.332. The molecule has 1 N–H and O–H groups in total. The van der Waals surface area contributed by atoms with Crippen LogP contribution in [-0.4, -0.2) is 35.1 Å². The fraction of sp³-hybridized carbons (Fsp3) is 0.321. The van der Waals surface area contributed by atoms with Crippen molar-refractivity contribution in [2.75, 3.05) is 0 Å². The van der Waals surface area contributed by atoms with Gasteiger partial charge in [-0.25, -0.2) is 4.68 Å². The van der Waals surface area contributed by atoms with Crippen LogP contribution in [0.25, 0.3) is 10.9 Å². The van der Waals surface area contributed by atoms with Crippen LogP contribution < -0.4 is 5.56 Å². The third-order valence-electron chi connectivity index (χ3n) is 7.17. The standard InChI is InChI=1S/C28H29N7O2/c1-19-10-11-25-21(14-19)15-24(28(36)30-25)26(27-31-32-33-35(27)22-7-2-3-8-22)34(18-23-9-5-13-37-23)17-20-6-4-12-29-16-20/h4-6,9-16,22,26H,2-3,7-8,17-18H2,1H3,(H,30,36)/t26-/m1/s1. The monoisotopic (exact) mass is 495 g/mol. The molecule has 0 radical (unpaired) electrons. The number of tetrazole rings is 1. The molecule has 0 aliphatic heterocycles. The number of rotatable bonds is 8. The highest BCUT2D eigenvalue weighted by Crippen LogP contribution is 2.35. The van der Waals surface area contributed by atoms with Crippen LogP contribution in [0.2, 0.25) is 0 Å². The lowest BCUT2D eigenvalue weighted by Crippen LogP contribution is -2.35. The van der Waals surface area contributed by atoms with E-state index >= 15 is 0 Å². The summed E-state index contributed by atoms with van der Waals surface area (Å²) in [5.41, 5.74) is 3.39. The fourth-order valence-corrected chi connectivity index (χ4v) is 5.40. The summed E-state index contributed by atoms with van der Waals surface area (Å²) >= 11 is 0. The van der Waals surface area contributed by atoms with Gasteiger partial charge in [0.05, 0.1) is 18.8 Å². The van der Waals surface area contributed by atoms with Gasteiger partial charge in [-0.15, -0.1) is 5.10 Å². The van der Waals surface area contributed by atoms with Gasteiger partial charge in [-0.05, 0) is 77.5 Å². The number of aromatic nitrogens is 6. The first-order valence-corrected chi connectivity index (χ1v) is 12.7. The molecule has 0 bridgehead atoms. The lowest BCUT2D eigenvalue weighted by molar-refractivity contribution is 0.176. The van der Waals surface area contributed by atoms with Crippen LogP contribution in [0.5, 0.6) is 0 Å². The van der Waals surface area contributed by atoms with Crippen molar-refractivity contribution in [1.82, 2.24) is 35.1 Å². The minimum Gasteiger partial charge on any atom is -0.468 e. The summed E-state index contributed by atoms with van der Waals surface area (Å²) in [5, 5.41) is 14.0. The molecule has 1 aliphatic rings. The first-order valence-electron chi connectivity index (χ1n) is 12.7. The molecule has 0 unspecified atom stereocenters. The Kier molecular flexibility index (Phi) is 6.36. The Morgan fingerprint density at radius 2 is 2.03 bits per heavy atom. The average molecular weight is 496 g/mol. The molecule has 4 heterocycles. The molecule has 1 aromatic carbocycles. The van der Waals surface area contributed by atoms with E-state index in [4.69, 9.17) is 4.42 Å². The number of H-pyrrole nitrogens is 1. The van der Waals surface area contributed by atoms with Crippen LogP contribution in [0.3, 0.4) is 0 Å². The van der Waals surface area contributed by atoms with E-state index in [0.29, 0.717) is 24.5 Å². The number of fused-ring (bicyclic) bond motifs is 1. The molecule has 5 aromatic rings. The lowest BCUT2D eigenvalue weighted by atomic mass is 10.0. The molecular weight excluding hydrogens is 466 g/mol. The zero-order valence-electron chi connectivity index (χ0n) is 20.7. The van der Waals surface area contributed by atoms with Gasteiger partial charge < -0.3 is 9.40 Å². The number of nitrogens with one attached hydrogen (secondary N) is 1. The summed E-state index contributed by atoms with van der Waals surface area (Å²) in [6.45, 7) is 3.05. The summed E-state index contributed by atoms with van der Waals surface area (Å²) in [6, 6.07) is 15.5. The van der Waals surface area contributed by atoms with Crippen molar-refractivity contribution in [1.29, 1.82) is 0 Å². The topological polar surface area (TPSA) is 106 Å². The minimum absolute atomic E-state index is 0.155. The van der Waals surface area contributed by atoms with Crippen molar-refractivity contribution in [3.63, 3.8) is 0 Å². The molecule has 0 saturated heterocycles. The number of benzene rings is 1. The van der Waals surface area contributed by atoms with Crippen molar-refractivity contribution in [3.05, 3.63) is 106 Å². The van der Waals surface area contributed by atoms with E-state index in [1.807, 2.05) is 60.3 Å². The number of aromatic amines is 1. The van der Waals surface area contributed by atoms with Crippen LogP contribution in [0, 0.1) is 6.92 Å². The molecule has 1 aliphatic carbocycles. The van der Waals surface area contributed by atoms with E-state index in [0.717, 1.165) is 53.5 Å². The van der Waals surface area contributed by atoms with Gasteiger partial charge in [0.2, 0.25) is 0 Å². The Labute approximate surface area is 214 Å². The van der Waals surface area contributed by atoms with Crippen LogP contribution in [-0.2, 0) is 13.1 Å². The molecule has 1 saturated carbocycles. The van der Waals surface area contributed by atoms with E-state index in [2.05, 4.69) is 36.5 Å². The number of pyridine rings is 2. The van der Waals surface area contributed by atoms with Gasteiger partial charge in [-0.1, -0.05) is 30.5 Å². The Bertz CT molecular complexity index is 1540. The average Bonchev–Trinajstić information content (AvgIpc) is 3.69. The van der Waals surface area contributed by atoms with E-state index in [9.17, 15) is 4.79 Å². The maximum atomic E-state index is 13.7. The van der Waals surface area contributed by atoms with Crippen LogP contribution in [0.15, 0.2) is 76.4 Å². The zero-order valence-corrected chi connectivity index (χ0v) is 20.7. The van der Waals surface area contributed by atoms with Crippen molar-refractivity contribution < 1.29 is 4.42 Å². The summed E-state index contributed by atoms with van der Waals surface area (Å²) in [5.74, 6) is 1.46. The van der Waals surface area contributed by atoms with E-state index in [-0.39, 0.29) is 11.6 Å². The third-order valence-corrected chi connectivity index (χ3v) is 7.17. The Morgan fingerprint density at radius 1 is 1.14 bits per heavy atom. The molecule has 188 valence electrons. The first kappa shape index (κ1) is 23.3. The predicted molar refractivity (Wildman–Crippen MR) is 139 cm³/mol. The van der Waals surface area contributed by atoms with Gasteiger partial charge in [0.25, 0.3) is 5.56 Å². The van der Waals surface area contributed by atoms with Crippen LogP contribution >= 0.6 is 0 Å². The summed E-state index contributed by atoms with van der Waals surface area (Å²) in [7, 11) is 0. The normalized spacial score (nSPS) is 15.1. The fourth-order valence-electron chi connectivity index (χ4n) is 5.40. The third kappa shape index (κ3) is 4.82. The molecule has 1 fully saturated rings. The molecule has 4 aromatic heterocycles. The largest absolute Gasteiger partial charge is 0.468 e. The predicted octanol–water partition coefficient (Wildman–Crippen LogP) is 4.72. The maximum Gasteiger partial charge on any atom is 0.253 e. The Hall–Kier alpha value is -4.11. The Balaban J connectivity index is 1.54. The molecule has 0 spiro atoms. The van der Waals surface area contributed by atoms with Gasteiger partial charge in [-0.2, -0.15) is 0 Å². The highest BCUT2D eigenvalue weighted by atomic mass is 16.3. The van der Waals surface area contributed by atoms with Crippen molar-refractivity contribution >= 4 is 10.9 Å². The number of hydrogen-bond donors (Lipinski definition) is 1. The molecule has 9 heteroatoms. The summed E-state index contributed by atoms with van der Waals surface area (Å²) in [6.07, 6.45) is 9.62. The van der Waals surface area contributed by atoms with E-state index in [1.54, 1.807) is 12.5 Å². The maximum absolute atomic E-state index is 13.7. The SMILES string of the molecule is Cc1ccc2[nH]c(=O)c([C@H](c3nnnn3C3CCCC3)N(Cc3cccnc3)Cc3ccco3)cc2c1. The number of nitrogens with zero attached hydrogens (tertiary/aromatic N) is 6. The highest BCUT2D eigenvalue weighted by Gasteiger charge is 2.33. The number of furan rings is 1. The molecule has 6 rings (SSSR count). The molecule has 0 amide bonds. The van der Waals surface area contributed by atoms with Crippen LogP contribution in [0.1, 0.15) is 66.0 Å². The number of hydrogen-bond acceptors (Lipinski definition) is 7. The second-order valence-corrected chi connectivity index (χ2v) is 9.81. The minimum atomic E-state index is -0.505. The van der Waals surface area contributed by atoms with Gasteiger partial charge >= 0.3 is 0 Å². The second-order valence-electron chi connectivity index (χ2n) is 9.81. The molecular formula is C28H29N7O2. The number of aryl methyl sites for hydroxylation is 1. The molecule has 37 heavy (non-hydrogen) atoms. The van der Waals surface area contributed by atoms with Gasteiger partial charge in [0.15, 0.2) is 5.82 Å².